The zero-order chi connectivity index (χ0) is 12.0. The molecule has 0 aliphatic carbocycles. The average Bonchev–Trinajstić information content (AvgIpc) is 2.37. The fraction of sp³-hybridized carbons (Fsp3) is 0.600. The molecule has 0 bridgehead atoms. The molecule has 1 rings (SSSR count). The van der Waals surface area contributed by atoms with Crippen molar-refractivity contribution < 1.29 is 0 Å². The predicted molar refractivity (Wildman–Crippen MR) is 76.3 cm³/mol. The number of hydrogen-bond acceptors (Lipinski definition) is 0. The first kappa shape index (κ1) is 13.8. The van der Waals surface area contributed by atoms with Crippen molar-refractivity contribution in [2.75, 3.05) is 5.33 Å². The van der Waals surface area contributed by atoms with Gasteiger partial charge in [0.05, 0.1) is 0 Å². The molecule has 0 radical (unpaired) electrons. The first-order valence-corrected chi connectivity index (χ1v) is 7.45. The minimum Gasteiger partial charge on any atom is -0.0922 e. The monoisotopic (exact) mass is 282 g/mol. The molecular weight excluding hydrogens is 260 g/mol. The van der Waals surface area contributed by atoms with E-state index >= 15 is 0 Å². The van der Waals surface area contributed by atoms with Crippen LogP contribution in [0.5, 0.6) is 0 Å². The smallest absolute Gasteiger partial charge is 0.00909 e. The summed E-state index contributed by atoms with van der Waals surface area (Å²) in [6.45, 7) is 6.80. The Morgan fingerprint density at radius 1 is 0.938 bits per heavy atom. The van der Waals surface area contributed by atoms with Crippen molar-refractivity contribution in [1.82, 2.24) is 0 Å². The molecular formula is C15H23Br. The molecule has 0 aliphatic heterocycles. The molecule has 1 aromatic rings. The van der Waals surface area contributed by atoms with Crippen LogP contribution < -0.4 is 0 Å². The van der Waals surface area contributed by atoms with Crippen molar-refractivity contribution >= 4 is 15.9 Å². The SMILES string of the molecule is CCc1ccc(CC(CC)(CC)CBr)cc1. The molecule has 0 saturated heterocycles. The van der Waals surface area contributed by atoms with Crippen LogP contribution in [0.15, 0.2) is 24.3 Å². The highest BCUT2D eigenvalue weighted by molar-refractivity contribution is 9.09. The van der Waals surface area contributed by atoms with E-state index < -0.39 is 0 Å². The molecule has 0 fully saturated rings. The van der Waals surface area contributed by atoms with Crippen molar-refractivity contribution in [3.05, 3.63) is 35.4 Å². The Morgan fingerprint density at radius 3 is 1.81 bits per heavy atom. The maximum Gasteiger partial charge on any atom is 0.00909 e. The van der Waals surface area contributed by atoms with E-state index in [0.717, 1.165) is 11.8 Å². The van der Waals surface area contributed by atoms with Gasteiger partial charge in [0.15, 0.2) is 0 Å². The second-order valence-corrected chi connectivity index (χ2v) is 5.25. The molecule has 0 unspecified atom stereocenters. The van der Waals surface area contributed by atoms with Gasteiger partial charge in [-0.05, 0) is 42.2 Å². The molecule has 0 heterocycles. The maximum absolute atomic E-state index is 3.68. The fourth-order valence-electron chi connectivity index (χ4n) is 2.06. The van der Waals surface area contributed by atoms with Gasteiger partial charge in [0.2, 0.25) is 0 Å². The van der Waals surface area contributed by atoms with Gasteiger partial charge in [-0.2, -0.15) is 0 Å². The van der Waals surface area contributed by atoms with Gasteiger partial charge in [-0.3, -0.25) is 0 Å². The first-order valence-electron chi connectivity index (χ1n) is 6.33. The molecule has 1 heteroatoms. The van der Waals surface area contributed by atoms with Crippen LogP contribution in [-0.2, 0) is 12.8 Å². The van der Waals surface area contributed by atoms with Gasteiger partial charge in [-0.15, -0.1) is 0 Å². The summed E-state index contributed by atoms with van der Waals surface area (Å²) in [7, 11) is 0. The van der Waals surface area contributed by atoms with Crippen LogP contribution in [0, 0.1) is 5.41 Å². The van der Waals surface area contributed by atoms with Crippen LogP contribution in [-0.4, -0.2) is 5.33 Å². The Kier molecular flexibility index (Phi) is 5.54. The van der Waals surface area contributed by atoms with E-state index in [2.05, 4.69) is 61.0 Å². The molecule has 0 aliphatic rings. The highest BCUT2D eigenvalue weighted by Gasteiger charge is 2.24. The van der Waals surface area contributed by atoms with E-state index in [1.165, 1.54) is 30.4 Å². The lowest BCUT2D eigenvalue weighted by Gasteiger charge is -2.29. The second kappa shape index (κ2) is 6.44. The Balaban J connectivity index is 2.77. The van der Waals surface area contributed by atoms with Gasteiger partial charge >= 0.3 is 0 Å². The fourth-order valence-corrected chi connectivity index (χ4v) is 3.05. The van der Waals surface area contributed by atoms with E-state index in [4.69, 9.17) is 0 Å². The molecule has 0 nitrogen and oxygen atoms in total. The van der Waals surface area contributed by atoms with E-state index in [9.17, 15) is 0 Å². The molecule has 0 saturated carbocycles. The van der Waals surface area contributed by atoms with Crippen molar-refractivity contribution in [2.45, 2.75) is 46.5 Å². The lowest BCUT2D eigenvalue weighted by molar-refractivity contribution is 0.307. The number of alkyl halides is 1. The van der Waals surface area contributed by atoms with E-state index in [-0.39, 0.29) is 0 Å². The third-order valence-corrected chi connectivity index (χ3v) is 4.98. The Morgan fingerprint density at radius 2 is 1.44 bits per heavy atom. The third-order valence-electron chi connectivity index (χ3n) is 3.79. The van der Waals surface area contributed by atoms with Crippen LogP contribution in [0.2, 0.25) is 0 Å². The van der Waals surface area contributed by atoms with Crippen LogP contribution in [0.1, 0.15) is 44.7 Å². The van der Waals surface area contributed by atoms with Gasteiger partial charge in [0.25, 0.3) is 0 Å². The quantitative estimate of drug-likeness (QED) is 0.645. The minimum atomic E-state index is 0.438. The van der Waals surface area contributed by atoms with Gasteiger partial charge in [0, 0.05) is 5.33 Å². The zero-order valence-corrected chi connectivity index (χ0v) is 12.3. The third kappa shape index (κ3) is 3.35. The van der Waals surface area contributed by atoms with Crippen LogP contribution in [0.25, 0.3) is 0 Å². The average molecular weight is 283 g/mol. The maximum atomic E-state index is 3.68. The summed E-state index contributed by atoms with van der Waals surface area (Å²) in [5.41, 5.74) is 3.34. The van der Waals surface area contributed by atoms with Crippen molar-refractivity contribution in [2.24, 2.45) is 5.41 Å². The molecule has 0 N–H and O–H groups in total. The summed E-state index contributed by atoms with van der Waals surface area (Å²) in [5.74, 6) is 0. The molecule has 0 aromatic heterocycles. The topological polar surface area (TPSA) is 0 Å². The standard InChI is InChI=1S/C15H23Br/c1-4-13-7-9-14(10-8-13)11-15(5-2,6-3)12-16/h7-10H,4-6,11-12H2,1-3H3. The first-order chi connectivity index (χ1) is 7.69. The Labute approximate surface area is 109 Å². The largest absolute Gasteiger partial charge is 0.0922 e. The Bertz CT molecular complexity index is 287. The number of hydrogen-bond donors (Lipinski definition) is 0. The van der Waals surface area contributed by atoms with Gasteiger partial charge < -0.3 is 0 Å². The summed E-state index contributed by atoms with van der Waals surface area (Å²) in [6.07, 6.45) is 4.80. The van der Waals surface area contributed by atoms with E-state index in [1.54, 1.807) is 0 Å². The molecule has 90 valence electrons. The van der Waals surface area contributed by atoms with Crippen LogP contribution >= 0.6 is 15.9 Å². The summed E-state index contributed by atoms with van der Waals surface area (Å²) in [4.78, 5) is 0. The molecule has 1 aromatic carbocycles. The number of aryl methyl sites for hydroxylation is 1. The second-order valence-electron chi connectivity index (χ2n) is 4.69. The lowest BCUT2D eigenvalue weighted by atomic mass is 9.79. The molecule has 0 spiro atoms. The normalized spacial score (nSPS) is 11.8. The summed E-state index contributed by atoms with van der Waals surface area (Å²) in [6, 6.07) is 9.11. The predicted octanol–water partition coefficient (Wildman–Crippen LogP) is 4.99. The Hall–Kier alpha value is -0.300. The number of halogens is 1. The van der Waals surface area contributed by atoms with Gasteiger partial charge in [-0.1, -0.05) is 61.0 Å². The molecule has 0 atom stereocenters. The highest BCUT2D eigenvalue weighted by Crippen LogP contribution is 2.33. The summed E-state index contributed by atoms with van der Waals surface area (Å²) >= 11 is 3.68. The molecule has 0 amide bonds. The summed E-state index contributed by atoms with van der Waals surface area (Å²) in [5, 5.41) is 1.10. The van der Waals surface area contributed by atoms with Crippen molar-refractivity contribution in [3.63, 3.8) is 0 Å². The van der Waals surface area contributed by atoms with Crippen LogP contribution in [0.3, 0.4) is 0 Å². The van der Waals surface area contributed by atoms with Gasteiger partial charge in [0.1, 0.15) is 0 Å². The minimum absolute atomic E-state index is 0.438. The lowest BCUT2D eigenvalue weighted by Crippen LogP contribution is -2.23. The number of benzene rings is 1. The van der Waals surface area contributed by atoms with Crippen molar-refractivity contribution in [3.8, 4) is 0 Å². The van der Waals surface area contributed by atoms with Crippen molar-refractivity contribution in [1.29, 1.82) is 0 Å². The van der Waals surface area contributed by atoms with E-state index in [0.29, 0.717) is 5.41 Å². The highest BCUT2D eigenvalue weighted by atomic mass is 79.9. The van der Waals surface area contributed by atoms with Gasteiger partial charge in [-0.25, -0.2) is 0 Å². The summed E-state index contributed by atoms with van der Waals surface area (Å²) < 4.78 is 0. The zero-order valence-electron chi connectivity index (χ0n) is 10.7. The van der Waals surface area contributed by atoms with Crippen LogP contribution in [0.4, 0.5) is 0 Å². The number of rotatable bonds is 6. The molecule has 16 heavy (non-hydrogen) atoms. The van der Waals surface area contributed by atoms with E-state index in [1.807, 2.05) is 0 Å².